The number of nitrogen functional groups attached to an aromatic ring is 1. The topological polar surface area (TPSA) is 56.7 Å². The van der Waals surface area contributed by atoms with Crippen LogP contribution in [0.5, 0.6) is 0 Å². The second-order valence-electron chi connectivity index (χ2n) is 4.63. The molecule has 0 radical (unpaired) electrons. The van der Waals surface area contributed by atoms with E-state index in [0.29, 0.717) is 12.0 Å². The zero-order valence-corrected chi connectivity index (χ0v) is 11.2. The molecule has 0 bridgehead atoms. The van der Waals surface area contributed by atoms with Crippen molar-refractivity contribution in [2.45, 2.75) is 38.1 Å². The molecule has 0 aromatic carbocycles. The first-order valence-electron chi connectivity index (χ1n) is 6.04. The van der Waals surface area contributed by atoms with E-state index < -0.39 is 0 Å². The zero-order valence-electron chi connectivity index (χ0n) is 9.56. The van der Waals surface area contributed by atoms with E-state index >= 15 is 0 Å². The predicted octanol–water partition coefficient (Wildman–Crippen LogP) is 3.28. The molecular weight excluding hydrogens is 280 g/mol. The molecule has 2 aromatic heterocycles. The van der Waals surface area contributed by atoms with Gasteiger partial charge in [-0.05, 0) is 34.8 Å². The first-order valence-corrected chi connectivity index (χ1v) is 6.84. The highest BCUT2D eigenvalue weighted by Gasteiger charge is 2.20. The van der Waals surface area contributed by atoms with E-state index in [1.165, 1.54) is 32.1 Å². The number of fused-ring (bicyclic) bond motifs is 1. The lowest BCUT2D eigenvalue weighted by Crippen LogP contribution is -2.15. The lowest BCUT2D eigenvalue weighted by atomic mass is 9.95. The van der Waals surface area contributed by atoms with Gasteiger partial charge < -0.3 is 5.73 Å². The zero-order chi connectivity index (χ0) is 11.8. The predicted molar refractivity (Wildman–Crippen MR) is 71.8 cm³/mol. The Morgan fingerprint density at radius 1 is 1.29 bits per heavy atom. The van der Waals surface area contributed by atoms with Crippen LogP contribution in [0.1, 0.15) is 38.1 Å². The number of rotatable bonds is 1. The van der Waals surface area contributed by atoms with Gasteiger partial charge in [0.2, 0.25) is 5.95 Å². The molecule has 0 spiro atoms. The van der Waals surface area contributed by atoms with E-state index in [1.807, 2.05) is 12.3 Å². The van der Waals surface area contributed by atoms with E-state index in [9.17, 15) is 0 Å². The van der Waals surface area contributed by atoms with Crippen LogP contribution >= 0.6 is 15.9 Å². The summed E-state index contributed by atoms with van der Waals surface area (Å²) in [6.07, 6.45) is 8.08. The normalized spacial score (nSPS) is 17.7. The molecule has 0 unspecified atom stereocenters. The van der Waals surface area contributed by atoms with Gasteiger partial charge in [0.15, 0.2) is 5.65 Å². The Hall–Kier alpha value is -1.10. The summed E-state index contributed by atoms with van der Waals surface area (Å²) in [4.78, 5) is 8.85. The van der Waals surface area contributed by atoms with Gasteiger partial charge in [0.25, 0.3) is 0 Å². The maximum atomic E-state index is 6.03. The Bertz CT molecular complexity index is 543. The Kier molecular flexibility index (Phi) is 2.78. The smallest absolute Gasteiger partial charge is 0.202 e. The van der Waals surface area contributed by atoms with Crippen molar-refractivity contribution in [3.05, 3.63) is 16.7 Å². The molecule has 0 aliphatic heterocycles. The summed E-state index contributed by atoms with van der Waals surface area (Å²) in [7, 11) is 0. The van der Waals surface area contributed by atoms with Gasteiger partial charge in [0.05, 0.1) is 0 Å². The summed E-state index contributed by atoms with van der Waals surface area (Å²) in [5.74, 6) is 0.595. The van der Waals surface area contributed by atoms with E-state index in [-0.39, 0.29) is 0 Å². The third kappa shape index (κ3) is 1.92. The van der Waals surface area contributed by atoms with Crippen molar-refractivity contribution < 1.29 is 0 Å². The van der Waals surface area contributed by atoms with Crippen LogP contribution in [0.2, 0.25) is 0 Å². The average molecular weight is 295 g/mol. The van der Waals surface area contributed by atoms with Crippen molar-refractivity contribution in [2.24, 2.45) is 0 Å². The molecule has 1 fully saturated rings. The molecule has 1 saturated carbocycles. The van der Waals surface area contributed by atoms with E-state index in [1.54, 1.807) is 0 Å². The van der Waals surface area contributed by atoms with Crippen LogP contribution in [0, 0.1) is 0 Å². The van der Waals surface area contributed by atoms with Crippen LogP contribution in [-0.2, 0) is 0 Å². The van der Waals surface area contributed by atoms with Crippen LogP contribution in [0.15, 0.2) is 16.7 Å². The first-order chi connectivity index (χ1) is 8.25. The highest BCUT2D eigenvalue weighted by atomic mass is 79.9. The summed E-state index contributed by atoms with van der Waals surface area (Å²) >= 11 is 3.41. The third-order valence-corrected chi connectivity index (χ3v) is 3.90. The van der Waals surface area contributed by atoms with Gasteiger partial charge in [-0.15, -0.1) is 0 Å². The van der Waals surface area contributed by atoms with Gasteiger partial charge in [0.1, 0.15) is 5.52 Å². The monoisotopic (exact) mass is 294 g/mol. The SMILES string of the molecule is Nc1nc2cc(Br)cnc2n1C1CCCCC1. The number of pyridine rings is 1. The minimum atomic E-state index is 0.474. The molecule has 0 amide bonds. The van der Waals surface area contributed by atoms with Crippen LogP contribution in [0.3, 0.4) is 0 Å². The van der Waals surface area contributed by atoms with Crippen molar-refractivity contribution in [3.63, 3.8) is 0 Å². The van der Waals surface area contributed by atoms with Crippen LogP contribution in [0.25, 0.3) is 11.2 Å². The summed E-state index contributed by atoms with van der Waals surface area (Å²) in [6.45, 7) is 0. The summed E-state index contributed by atoms with van der Waals surface area (Å²) in [6, 6.07) is 2.44. The number of imidazole rings is 1. The lowest BCUT2D eigenvalue weighted by Gasteiger charge is -2.24. The van der Waals surface area contributed by atoms with Gasteiger partial charge in [-0.1, -0.05) is 19.3 Å². The Morgan fingerprint density at radius 2 is 2.06 bits per heavy atom. The second kappa shape index (κ2) is 4.29. The van der Waals surface area contributed by atoms with Crippen molar-refractivity contribution in [1.29, 1.82) is 0 Å². The fraction of sp³-hybridized carbons (Fsp3) is 0.500. The molecule has 1 aliphatic carbocycles. The van der Waals surface area contributed by atoms with Crippen molar-refractivity contribution in [3.8, 4) is 0 Å². The molecule has 4 nitrogen and oxygen atoms in total. The molecule has 0 saturated heterocycles. The van der Waals surface area contributed by atoms with E-state index in [0.717, 1.165) is 15.6 Å². The number of nitrogens with two attached hydrogens (primary N) is 1. The standard InChI is InChI=1S/C12H15BrN4/c13-8-6-10-11(15-7-8)17(12(14)16-10)9-4-2-1-3-5-9/h6-7,9H,1-5H2,(H2,14,16). The van der Waals surface area contributed by atoms with E-state index in [2.05, 4.69) is 30.5 Å². The van der Waals surface area contributed by atoms with E-state index in [4.69, 9.17) is 5.73 Å². The minimum Gasteiger partial charge on any atom is -0.369 e. The van der Waals surface area contributed by atoms with Gasteiger partial charge in [-0.2, -0.15) is 0 Å². The highest BCUT2D eigenvalue weighted by molar-refractivity contribution is 9.10. The van der Waals surface area contributed by atoms with Gasteiger partial charge >= 0.3 is 0 Å². The minimum absolute atomic E-state index is 0.474. The Morgan fingerprint density at radius 3 is 2.82 bits per heavy atom. The molecule has 2 heterocycles. The average Bonchev–Trinajstić information content (AvgIpc) is 2.65. The number of anilines is 1. The number of aromatic nitrogens is 3. The Labute approximate surface area is 108 Å². The van der Waals surface area contributed by atoms with Crippen molar-refractivity contribution >= 4 is 33.0 Å². The number of nitrogens with zero attached hydrogens (tertiary/aromatic N) is 3. The third-order valence-electron chi connectivity index (χ3n) is 3.46. The molecule has 5 heteroatoms. The lowest BCUT2D eigenvalue weighted by molar-refractivity contribution is 0.362. The molecule has 2 N–H and O–H groups in total. The second-order valence-corrected chi connectivity index (χ2v) is 5.54. The van der Waals surface area contributed by atoms with Crippen LogP contribution in [-0.4, -0.2) is 14.5 Å². The van der Waals surface area contributed by atoms with Gasteiger partial charge in [-0.25, -0.2) is 9.97 Å². The van der Waals surface area contributed by atoms with Crippen molar-refractivity contribution in [1.82, 2.24) is 14.5 Å². The van der Waals surface area contributed by atoms with Gasteiger partial charge in [-0.3, -0.25) is 4.57 Å². The largest absolute Gasteiger partial charge is 0.369 e. The molecule has 1 aliphatic rings. The summed E-state index contributed by atoms with van der Waals surface area (Å²) in [5.41, 5.74) is 7.82. The molecule has 2 aromatic rings. The van der Waals surface area contributed by atoms with Crippen LogP contribution < -0.4 is 5.73 Å². The maximum absolute atomic E-state index is 6.03. The molecule has 17 heavy (non-hydrogen) atoms. The summed E-state index contributed by atoms with van der Waals surface area (Å²) < 4.78 is 3.05. The number of hydrogen-bond acceptors (Lipinski definition) is 3. The summed E-state index contributed by atoms with van der Waals surface area (Å²) in [5, 5.41) is 0. The van der Waals surface area contributed by atoms with Crippen LogP contribution in [0.4, 0.5) is 5.95 Å². The molecule has 90 valence electrons. The fourth-order valence-corrected chi connectivity index (χ4v) is 2.99. The maximum Gasteiger partial charge on any atom is 0.202 e. The molecule has 3 rings (SSSR count). The fourth-order valence-electron chi connectivity index (χ4n) is 2.67. The molecular formula is C12H15BrN4. The Balaban J connectivity index is 2.11. The van der Waals surface area contributed by atoms with Gasteiger partial charge in [0, 0.05) is 16.7 Å². The number of halogens is 1. The highest BCUT2D eigenvalue weighted by Crippen LogP contribution is 2.32. The number of hydrogen-bond donors (Lipinski definition) is 1. The molecule has 0 atom stereocenters. The quantitative estimate of drug-likeness (QED) is 0.878. The van der Waals surface area contributed by atoms with Crippen molar-refractivity contribution in [2.75, 3.05) is 5.73 Å². The first kappa shape index (κ1) is 11.0.